The Morgan fingerprint density at radius 2 is 1.47 bits per heavy atom. The van der Waals surface area contributed by atoms with Crippen LogP contribution in [-0.4, -0.2) is 17.1 Å². The Kier molecular flexibility index (Phi) is 15.7. The molecule has 0 rings (SSSR count). The van der Waals surface area contributed by atoms with Gasteiger partial charge in [-0.3, -0.25) is 0 Å². The lowest BCUT2D eigenvalue weighted by Crippen LogP contribution is -2.01. The minimum atomic E-state index is -0.401. The molecular weight excluding hydrogens is 256 g/mol. The molecule has 0 aliphatic carbocycles. The van der Waals surface area contributed by atoms with Crippen molar-refractivity contribution in [2.24, 2.45) is 0 Å². The van der Waals surface area contributed by atoms with Crippen LogP contribution >= 0.6 is 11.6 Å². The lowest BCUT2D eigenvalue weighted by atomic mass is 10.1. The Morgan fingerprint density at radius 1 is 0.895 bits per heavy atom. The van der Waals surface area contributed by atoms with Crippen LogP contribution < -0.4 is 0 Å². The van der Waals surface area contributed by atoms with E-state index in [1.807, 2.05) is 0 Å². The highest BCUT2D eigenvalue weighted by Crippen LogP contribution is 2.09. The Morgan fingerprint density at radius 3 is 2.05 bits per heavy atom. The van der Waals surface area contributed by atoms with E-state index in [4.69, 9.17) is 11.6 Å². The SMILES string of the molecule is CCCC[C@@H](O)C#CCCCCCCCCCCCl. The number of unbranched alkanes of at least 4 members (excludes halogenated alkanes) is 9. The number of aliphatic hydroxyl groups excluding tert-OH is 1. The van der Waals surface area contributed by atoms with Gasteiger partial charge in [0.25, 0.3) is 0 Å². The molecule has 1 N–H and O–H groups in total. The molecule has 112 valence electrons. The smallest absolute Gasteiger partial charge is 0.114 e. The summed E-state index contributed by atoms with van der Waals surface area (Å²) < 4.78 is 0. The molecule has 1 atom stereocenters. The van der Waals surface area contributed by atoms with Crippen LogP contribution in [0, 0.1) is 11.8 Å². The molecule has 0 radical (unpaired) electrons. The summed E-state index contributed by atoms with van der Waals surface area (Å²) in [5.74, 6) is 6.84. The first-order chi connectivity index (χ1) is 9.31. The standard InChI is InChI=1S/C17H31ClO/c1-2-3-14-17(19)15-12-10-8-6-4-5-7-9-11-13-16-18/h17,19H,2-11,13-14,16H2,1H3/t17-/m1/s1. The molecule has 0 aliphatic heterocycles. The molecule has 0 unspecified atom stereocenters. The van der Waals surface area contributed by atoms with E-state index in [0.29, 0.717) is 0 Å². The van der Waals surface area contributed by atoms with Crippen LogP contribution in [0.3, 0.4) is 0 Å². The van der Waals surface area contributed by atoms with Gasteiger partial charge in [0, 0.05) is 12.3 Å². The normalized spacial score (nSPS) is 11.9. The van der Waals surface area contributed by atoms with Gasteiger partial charge in [0.2, 0.25) is 0 Å². The highest BCUT2D eigenvalue weighted by atomic mass is 35.5. The van der Waals surface area contributed by atoms with Crippen molar-refractivity contribution < 1.29 is 5.11 Å². The maximum absolute atomic E-state index is 9.54. The number of aliphatic hydroxyl groups is 1. The monoisotopic (exact) mass is 286 g/mol. The third-order valence-corrected chi connectivity index (χ3v) is 3.55. The molecule has 0 amide bonds. The van der Waals surface area contributed by atoms with E-state index in [0.717, 1.165) is 38.0 Å². The third-order valence-electron chi connectivity index (χ3n) is 3.29. The van der Waals surface area contributed by atoms with E-state index in [9.17, 15) is 5.11 Å². The molecular formula is C17H31ClO. The van der Waals surface area contributed by atoms with Crippen molar-refractivity contribution in [2.75, 3.05) is 5.88 Å². The summed E-state index contributed by atoms with van der Waals surface area (Å²) in [7, 11) is 0. The molecule has 0 bridgehead atoms. The summed E-state index contributed by atoms with van der Waals surface area (Å²) in [4.78, 5) is 0. The van der Waals surface area contributed by atoms with Gasteiger partial charge < -0.3 is 5.11 Å². The predicted molar refractivity (Wildman–Crippen MR) is 85.6 cm³/mol. The van der Waals surface area contributed by atoms with Crippen LogP contribution in [0.15, 0.2) is 0 Å². The highest BCUT2D eigenvalue weighted by Gasteiger charge is 1.96. The van der Waals surface area contributed by atoms with Crippen molar-refractivity contribution in [3.05, 3.63) is 0 Å². The zero-order valence-corrected chi connectivity index (χ0v) is 13.4. The summed E-state index contributed by atoms with van der Waals surface area (Å²) >= 11 is 5.63. The van der Waals surface area contributed by atoms with Crippen molar-refractivity contribution in [1.82, 2.24) is 0 Å². The van der Waals surface area contributed by atoms with Gasteiger partial charge in [-0.2, -0.15) is 0 Å². The second-order valence-electron chi connectivity index (χ2n) is 5.25. The fourth-order valence-electron chi connectivity index (χ4n) is 2.03. The van der Waals surface area contributed by atoms with Gasteiger partial charge in [-0.1, -0.05) is 64.2 Å². The van der Waals surface area contributed by atoms with Crippen molar-refractivity contribution >= 4 is 11.6 Å². The highest BCUT2D eigenvalue weighted by molar-refractivity contribution is 6.17. The number of hydrogen-bond acceptors (Lipinski definition) is 1. The second kappa shape index (κ2) is 15.9. The molecule has 0 aromatic heterocycles. The van der Waals surface area contributed by atoms with Crippen LogP contribution in [0.4, 0.5) is 0 Å². The Bertz CT molecular complexity index is 229. The molecule has 0 saturated heterocycles. The van der Waals surface area contributed by atoms with Crippen molar-refractivity contribution in [2.45, 2.75) is 90.1 Å². The van der Waals surface area contributed by atoms with Crippen molar-refractivity contribution in [3.63, 3.8) is 0 Å². The number of hydrogen-bond donors (Lipinski definition) is 1. The lowest BCUT2D eigenvalue weighted by Gasteiger charge is -2.01. The summed E-state index contributed by atoms with van der Waals surface area (Å²) in [6.45, 7) is 2.13. The molecule has 0 spiro atoms. The first-order valence-electron chi connectivity index (χ1n) is 8.03. The van der Waals surface area contributed by atoms with Gasteiger partial charge in [-0.05, 0) is 19.3 Å². The topological polar surface area (TPSA) is 20.2 Å². The van der Waals surface area contributed by atoms with Crippen LogP contribution in [0.25, 0.3) is 0 Å². The van der Waals surface area contributed by atoms with Gasteiger partial charge in [0.15, 0.2) is 0 Å². The fraction of sp³-hybridized carbons (Fsp3) is 0.882. The van der Waals surface area contributed by atoms with E-state index >= 15 is 0 Å². The molecule has 1 nitrogen and oxygen atoms in total. The molecule has 0 heterocycles. The summed E-state index contributed by atoms with van der Waals surface area (Å²) in [6, 6.07) is 0. The first kappa shape index (κ1) is 18.8. The van der Waals surface area contributed by atoms with Gasteiger partial charge in [-0.15, -0.1) is 17.5 Å². The summed E-state index contributed by atoms with van der Waals surface area (Å²) in [5, 5.41) is 9.54. The number of rotatable bonds is 12. The lowest BCUT2D eigenvalue weighted by molar-refractivity contribution is 0.218. The number of alkyl halides is 1. The molecule has 19 heavy (non-hydrogen) atoms. The molecule has 0 aliphatic rings. The fourth-order valence-corrected chi connectivity index (χ4v) is 2.22. The Balaban J connectivity index is 3.20. The minimum Gasteiger partial charge on any atom is -0.380 e. The van der Waals surface area contributed by atoms with E-state index < -0.39 is 6.10 Å². The quantitative estimate of drug-likeness (QED) is 0.294. The maximum atomic E-state index is 9.54. The average molecular weight is 287 g/mol. The van der Waals surface area contributed by atoms with E-state index in [1.165, 1.54) is 44.9 Å². The van der Waals surface area contributed by atoms with Gasteiger partial charge in [0.05, 0.1) is 0 Å². The largest absolute Gasteiger partial charge is 0.380 e. The van der Waals surface area contributed by atoms with Crippen LogP contribution in [0.1, 0.15) is 84.0 Å². The Hall–Kier alpha value is -0.190. The van der Waals surface area contributed by atoms with E-state index in [-0.39, 0.29) is 0 Å². The van der Waals surface area contributed by atoms with Crippen molar-refractivity contribution in [1.29, 1.82) is 0 Å². The first-order valence-corrected chi connectivity index (χ1v) is 8.57. The molecule has 0 aromatic carbocycles. The average Bonchev–Trinajstić information content (AvgIpc) is 2.42. The Labute approximate surface area is 125 Å². The third kappa shape index (κ3) is 15.8. The minimum absolute atomic E-state index is 0.401. The maximum Gasteiger partial charge on any atom is 0.114 e. The molecule has 2 heteroatoms. The van der Waals surface area contributed by atoms with Crippen molar-refractivity contribution in [3.8, 4) is 11.8 Å². The van der Waals surface area contributed by atoms with E-state index in [1.54, 1.807) is 0 Å². The zero-order chi connectivity index (χ0) is 14.2. The number of halogens is 1. The van der Waals surface area contributed by atoms with Gasteiger partial charge >= 0.3 is 0 Å². The predicted octanol–water partition coefficient (Wildman–Crippen LogP) is 5.29. The van der Waals surface area contributed by atoms with Crippen LogP contribution in [0.2, 0.25) is 0 Å². The zero-order valence-electron chi connectivity index (χ0n) is 12.6. The summed E-state index contributed by atoms with van der Waals surface area (Å²) in [6.07, 6.45) is 13.8. The van der Waals surface area contributed by atoms with Gasteiger partial charge in [-0.25, -0.2) is 0 Å². The summed E-state index contributed by atoms with van der Waals surface area (Å²) in [5.41, 5.74) is 0. The van der Waals surface area contributed by atoms with Gasteiger partial charge in [0.1, 0.15) is 6.10 Å². The van der Waals surface area contributed by atoms with E-state index in [2.05, 4.69) is 18.8 Å². The molecule has 0 aromatic rings. The second-order valence-corrected chi connectivity index (χ2v) is 5.62. The molecule has 0 saturated carbocycles. The van der Waals surface area contributed by atoms with Crippen LogP contribution in [-0.2, 0) is 0 Å². The van der Waals surface area contributed by atoms with Crippen LogP contribution in [0.5, 0.6) is 0 Å². The molecule has 0 fully saturated rings.